The van der Waals surface area contributed by atoms with E-state index in [1.54, 1.807) is 7.11 Å². The Hall–Kier alpha value is -2.65. The molecule has 9 heteroatoms. The van der Waals surface area contributed by atoms with Crippen LogP contribution in [0.15, 0.2) is 58.4 Å². The maximum Gasteiger partial charge on any atom is 0.264 e. The SMILES string of the molecule is COc1ccccc1CN1CN=C(NS(=O)(=O)c2ccc(F)cc2)NC1. The van der Waals surface area contributed by atoms with Crippen molar-refractivity contribution in [2.45, 2.75) is 11.4 Å². The van der Waals surface area contributed by atoms with E-state index in [1.807, 2.05) is 29.2 Å². The Kier molecular flexibility index (Phi) is 5.38. The van der Waals surface area contributed by atoms with E-state index in [0.29, 0.717) is 19.9 Å². The highest BCUT2D eigenvalue weighted by Gasteiger charge is 2.20. The number of halogens is 1. The lowest BCUT2D eigenvalue weighted by Crippen LogP contribution is -2.49. The Morgan fingerprint density at radius 3 is 2.62 bits per heavy atom. The summed E-state index contributed by atoms with van der Waals surface area (Å²) in [6.07, 6.45) is 0. The monoisotopic (exact) mass is 378 g/mol. The van der Waals surface area contributed by atoms with Crippen LogP contribution in [-0.2, 0) is 16.6 Å². The Bertz CT molecular complexity index is 900. The minimum atomic E-state index is -3.81. The maximum atomic E-state index is 12.9. The molecule has 2 aromatic carbocycles. The van der Waals surface area contributed by atoms with Crippen molar-refractivity contribution in [3.63, 3.8) is 0 Å². The van der Waals surface area contributed by atoms with E-state index in [-0.39, 0.29) is 10.9 Å². The Labute approximate surface area is 151 Å². The number of ether oxygens (including phenoxy) is 1. The van der Waals surface area contributed by atoms with Crippen LogP contribution in [0.5, 0.6) is 5.75 Å². The summed E-state index contributed by atoms with van der Waals surface area (Å²) < 4.78 is 45.2. The van der Waals surface area contributed by atoms with Gasteiger partial charge < -0.3 is 10.1 Å². The normalized spacial score (nSPS) is 15.1. The number of rotatable bonds is 5. The molecule has 1 aliphatic rings. The van der Waals surface area contributed by atoms with Crippen LogP contribution < -0.4 is 14.8 Å². The highest BCUT2D eigenvalue weighted by Crippen LogP contribution is 2.19. The number of hydrogen-bond acceptors (Lipinski definition) is 6. The lowest BCUT2D eigenvalue weighted by molar-refractivity contribution is 0.251. The predicted octanol–water partition coefficient (Wildman–Crippen LogP) is 1.49. The number of para-hydroxylation sites is 1. The molecule has 138 valence electrons. The van der Waals surface area contributed by atoms with Gasteiger partial charge in [0.05, 0.1) is 25.3 Å². The zero-order valence-corrected chi connectivity index (χ0v) is 15.0. The van der Waals surface area contributed by atoms with Crippen LogP contribution in [0.2, 0.25) is 0 Å². The van der Waals surface area contributed by atoms with Crippen molar-refractivity contribution >= 4 is 16.0 Å². The van der Waals surface area contributed by atoms with Crippen molar-refractivity contribution in [1.29, 1.82) is 0 Å². The second-order valence-electron chi connectivity index (χ2n) is 5.68. The highest BCUT2D eigenvalue weighted by atomic mass is 32.2. The fourth-order valence-corrected chi connectivity index (χ4v) is 3.52. The summed E-state index contributed by atoms with van der Waals surface area (Å²) in [5.74, 6) is 0.453. The van der Waals surface area contributed by atoms with Gasteiger partial charge >= 0.3 is 0 Å². The summed E-state index contributed by atoms with van der Waals surface area (Å²) in [5.41, 5.74) is 1.02. The van der Waals surface area contributed by atoms with Crippen molar-refractivity contribution in [2.24, 2.45) is 4.99 Å². The van der Waals surface area contributed by atoms with Gasteiger partial charge in [0.15, 0.2) is 0 Å². The van der Waals surface area contributed by atoms with Crippen molar-refractivity contribution in [3.8, 4) is 5.75 Å². The summed E-state index contributed by atoms with van der Waals surface area (Å²) in [6, 6.07) is 12.3. The number of nitrogens with zero attached hydrogens (tertiary/aromatic N) is 2. The van der Waals surface area contributed by atoms with E-state index in [4.69, 9.17) is 4.74 Å². The van der Waals surface area contributed by atoms with Gasteiger partial charge in [-0.3, -0.25) is 4.90 Å². The van der Waals surface area contributed by atoms with E-state index in [0.717, 1.165) is 23.4 Å². The third-order valence-electron chi connectivity index (χ3n) is 3.84. The van der Waals surface area contributed by atoms with Gasteiger partial charge in [0.1, 0.15) is 11.6 Å². The molecular formula is C17H19FN4O3S. The van der Waals surface area contributed by atoms with E-state index >= 15 is 0 Å². The van der Waals surface area contributed by atoms with Crippen LogP contribution in [0.25, 0.3) is 0 Å². The number of sulfonamides is 1. The number of hydrogen-bond donors (Lipinski definition) is 2. The molecule has 0 saturated heterocycles. The highest BCUT2D eigenvalue weighted by molar-refractivity contribution is 7.90. The molecule has 2 aromatic rings. The molecule has 26 heavy (non-hydrogen) atoms. The fourth-order valence-electron chi connectivity index (χ4n) is 2.51. The molecule has 0 aromatic heterocycles. The van der Waals surface area contributed by atoms with Gasteiger partial charge in [0, 0.05) is 12.1 Å². The van der Waals surface area contributed by atoms with Crippen LogP contribution in [0.3, 0.4) is 0 Å². The molecular weight excluding hydrogens is 359 g/mol. The molecule has 0 fully saturated rings. The first-order chi connectivity index (χ1) is 12.5. The van der Waals surface area contributed by atoms with E-state index in [1.165, 1.54) is 12.1 Å². The molecule has 0 atom stereocenters. The van der Waals surface area contributed by atoms with Gasteiger partial charge in [-0.1, -0.05) is 18.2 Å². The van der Waals surface area contributed by atoms with Gasteiger partial charge in [-0.25, -0.2) is 22.5 Å². The molecule has 3 rings (SSSR count). The van der Waals surface area contributed by atoms with Gasteiger partial charge in [0.25, 0.3) is 10.0 Å². The quantitative estimate of drug-likeness (QED) is 0.824. The molecule has 7 nitrogen and oxygen atoms in total. The molecule has 1 aliphatic heterocycles. The molecule has 0 aliphatic carbocycles. The smallest absolute Gasteiger partial charge is 0.264 e. The number of nitrogens with one attached hydrogen (secondary N) is 2. The average Bonchev–Trinajstić information content (AvgIpc) is 2.64. The molecule has 0 radical (unpaired) electrons. The van der Waals surface area contributed by atoms with Crippen molar-refractivity contribution in [3.05, 3.63) is 59.9 Å². The molecule has 0 spiro atoms. The number of benzene rings is 2. The Morgan fingerprint density at radius 2 is 1.96 bits per heavy atom. The summed E-state index contributed by atoms with van der Waals surface area (Å²) in [5, 5.41) is 2.93. The van der Waals surface area contributed by atoms with Crippen LogP contribution in [0.1, 0.15) is 5.56 Å². The molecule has 1 heterocycles. The van der Waals surface area contributed by atoms with Crippen molar-refractivity contribution in [2.75, 3.05) is 20.4 Å². The van der Waals surface area contributed by atoms with E-state index < -0.39 is 15.8 Å². The number of aliphatic imine (C=N–C) groups is 1. The lowest BCUT2D eigenvalue weighted by Gasteiger charge is -2.27. The fraction of sp³-hybridized carbons (Fsp3) is 0.235. The van der Waals surface area contributed by atoms with E-state index in [9.17, 15) is 12.8 Å². The largest absolute Gasteiger partial charge is 0.496 e. The summed E-state index contributed by atoms with van der Waals surface area (Å²) >= 11 is 0. The Balaban J connectivity index is 1.63. The number of guanidine groups is 1. The van der Waals surface area contributed by atoms with Crippen LogP contribution in [0, 0.1) is 5.82 Å². The minimum Gasteiger partial charge on any atom is -0.496 e. The van der Waals surface area contributed by atoms with Crippen LogP contribution in [-0.4, -0.2) is 39.7 Å². The standard InChI is InChI=1S/C17H19FN4O3S/c1-25-16-5-3-2-4-13(16)10-22-11-19-17(20-12-22)21-26(23,24)15-8-6-14(18)7-9-15/h2-9H,10-12H2,1H3,(H2,19,20,21). The van der Waals surface area contributed by atoms with Crippen LogP contribution in [0.4, 0.5) is 4.39 Å². The topological polar surface area (TPSA) is 83.0 Å². The minimum absolute atomic E-state index is 0.0279. The Morgan fingerprint density at radius 1 is 1.23 bits per heavy atom. The van der Waals surface area contributed by atoms with Gasteiger partial charge in [-0.05, 0) is 30.3 Å². The second kappa shape index (κ2) is 7.71. The first-order valence-corrected chi connectivity index (χ1v) is 9.37. The lowest BCUT2D eigenvalue weighted by atomic mass is 10.2. The molecule has 0 unspecified atom stereocenters. The van der Waals surface area contributed by atoms with Gasteiger partial charge in [0.2, 0.25) is 5.96 Å². The second-order valence-corrected chi connectivity index (χ2v) is 7.37. The zero-order chi connectivity index (χ0) is 18.6. The first kappa shape index (κ1) is 18.2. The van der Waals surface area contributed by atoms with Crippen molar-refractivity contribution in [1.82, 2.24) is 14.9 Å². The average molecular weight is 378 g/mol. The molecule has 0 bridgehead atoms. The van der Waals surface area contributed by atoms with Gasteiger partial charge in [-0.15, -0.1) is 0 Å². The van der Waals surface area contributed by atoms with Crippen LogP contribution >= 0.6 is 0 Å². The summed E-state index contributed by atoms with van der Waals surface area (Å²) in [6.45, 7) is 1.35. The van der Waals surface area contributed by atoms with Gasteiger partial charge in [-0.2, -0.15) is 0 Å². The number of methoxy groups -OCH3 is 1. The summed E-state index contributed by atoms with van der Waals surface area (Å²) in [7, 11) is -2.19. The molecule has 0 amide bonds. The third-order valence-corrected chi connectivity index (χ3v) is 5.20. The molecule has 2 N–H and O–H groups in total. The molecule has 0 saturated carbocycles. The summed E-state index contributed by atoms with van der Waals surface area (Å²) in [4.78, 5) is 6.18. The van der Waals surface area contributed by atoms with Crippen molar-refractivity contribution < 1.29 is 17.5 Å². The zero-order valence-electron chi connectivity index (χ0n) is 14.1. The van der Waals surface area contributed by atoms with E-state index in [2.05, 4.69) is 15.0 Å². The third kappa shape index (κ3) is 4.30. The predicted molar refractivity (Wildman–Crippen MR) is 95.6 cm³/mol. The first-order valence-electron chi connectivity index (χ1n) is 7.89. The maximum absolute atomic E-state index is 12.9.